The maximum absolute atomic E-state index is 12.7. The fourth-order valence-corrected chi connectivity index (χ4v) is 2.57. The van der Waals surface area contributed by atoms with E-state index in [0.29, 0.717) is 5.92 Å². The number of benzene rings is 1. The van der Waals surface area contributed by atoms with Crippen molar-refractivity contribution < 1.29 is 4.79 Å². The number of carbonyl (C=O) groups is 1. The maximum atomic E-state index is 12.7. The summed E-state index contributed by atoms with van der Waals surface area (Å²) in [6, 6.07) is 9.15. The second-order valence-electron chi connectivity index (χ2n) is 6.34. The van der Waals surface area contributed by atoms with Gasteiger partial charge in [0.05, 0.1) is 0 Å². The summed E-state index contributed by atoms with van der Waals surface area (Å²) < 4.78 is 1.49. The summed E-state index contributed by atoms with van der Waals surface area (Å²) in [5.74, 6) is 0.608. The number of rotatable bonds is 8. The van der Waals surface area contributed by atoms with Crippen molar-refractivity contribution in [2.75, 3.05) is 0 Å². The number of hydrogen-bond donors (Lipinski definition) is 1. The molecule has 2 aromatic rings. The van der Waals surface area contributed by atoms with Gasteiger partial charge in [0.25, 0.3) is 0 Å². The average Bonchev–Trinajstić information content (AvgIpc) is 3.02. The van der Waals surface area contributed by atoms with Crippen molar-refractivity contribution >= 4 is 5.91 Å². The lowest BCUT2D eigenvalue weighted by atomic mass is 10.0. The fraction of sp³-hybridized carbons (Fsp3) is 0.529. The minimum atomic E-state index is -0.543. The molecule has 0 unspecified atom stereocenters. The molecule has 1 aromatic heterocycles. The molecule has 0 fully saturated rings. The van der Waals surface area contributed by atoms with Crippen LogP contribution in [-0.2, 0) is 4.79 Å². The number of nitrogens with one attached hydrogen (secondary N) is 1. The molecule has 1 heterocycles. The van der Waals surface area contributed by atoms with E-state index in [2.05, 4.69) is 34.7 Å². The van der Waals surface area contributed by atoms with Gasteiger partial charge in [-0.25, -0.2) is 4.68 Å². The van der Waals surface area contributed by atoms with Gasteiger partial charge in [-0.2, -0.15) is 0 Å². The van der Waals surface area contributed by atoms with Gasteiger partial charge in [-0.05, 0) is 35.3 Å². The van der Waals surface area contributed by atoms with Crippen molar-refractivity contribution in [1.82, 2.24) is 25.5 Å². The molecule has 0 spiro atoms. The van der Waals surface area contributed by atoms with Crippen molar-refractivity contribution in [2.24, 2.45) is 5.92 Å². The molecule has 6 heteroatoms. The summed E-state index contributed by atoms with van der Waals surface area (Å²) in [6.45, 7) is 6.47. The molecule has 0 aliphatic rings. The predicted octanol–water partition coefficient (Wildman–Crippen LogP) is 2.59. The highest BCUT2D eigenvalue weighted by atomic mass is 16.2. The fourth-order valence-electron chi connectivity index (χ4n) is 2.57. The van der Waals surface area contributed by atoms with Gasteiger partial charge >= 0.3 is 0 Å². The minimum Gasteiger partial charge on any atom is -0.351 e. The van der Waals surface area contributed by atoms with Crippen molar-refractivity contribution in [1.29, 1.82) is 0 Å². The van der Waals surface area contributed by atoms with E-state index in [9.17, 15) is 4.79 Å². The molecule has 1 N–H and O–H groups in total. The summed E-state index contributed by atoms with van der Waals surface area (Å²) in [5.41, 5.74) is 0.867. The largest absolute Gasteiger partial charge is 0.351 e. The van der Waals surface area contributed by atoms with Crippen LogP contribution in [0.3, 0.4) is 0 Å². The summed E-state index contributed by atoms with van der Waals surface area (Å²) in [5, 5.41) is 14.3. The Labute approximate surface area is 137 Å². The molecule has 6 nitrogen and oxygen atoms in total. The predicted molar refractivity (Wildman–Crippen MR) is 88.7 cm³/mol. The van der Waals surface area contributed by atoms with Crippen molar-refractivity contribution in [3.8, 4) is 0 Å². The van der Waals surface area contributed by atoms with Gasteiger partial charge in [0.1, 0.15) is 6.33 Å². The first-order chi connectivity index (χ1) is 11.1. The Morgan fingerprint density at radius 3 is 2.52 bits per heavy atom. The van der Waals surface area contributed by atoms with Gasteiger partial charge in [0, 0.05) is 6.04 Å². The van der Waals surface area contributed by atoms with E-state index in [1.54, 1.807) is 0 Å². The molecule has 2 atom stereocenters. The first kappa shape index (κ1) is 17.1. The molecular weight excluding hydrogens is 290 g/mol. The standard InChI is InChI=1S/C17H25N5O/c1-13(2)8-7-9-14(3)19-17(23)16(22-12-18-20-21-22)15-10-5-4-6-11-15/h4-6,10-14,16H,7-9H2,1-3H3,(H,19,23)/t14-,16+/m1/s1. The molecule has 0 radical (unpaired) electrons. The summed E-state index contributed by atoms with van der Waals surface area (Å²) in [7, 11) is 0. The van der Waals surface area contributed by atoms with Crippen LogP contribution in [0.25, 0.3) is 0 Å². The molecule has 0 aliphatic heterocycles. The van der Waals surface area contributed by atoms with Gasteiger partial charge in [-0.3, -0.25) is 4.79 Å². The zero-order valence-corrected chi connectivity index (χ0v) is 14.0. The van der Waals surface area contributed by atoms with E-state index in [1.165, 1.54) is 17.4 Å². The SMILES string of the molecule is CC(C)CCC[C@@H](C)NC(=O)[C@H](c1ccccc1)n1cnnn1. The quantitative estimate of drug-likeness (QED) is 0.812. The van der Waals surface area contributed by atoms with E-state index >= 15 is 0 Å². The van der Waals surface area contributed by atoms with Crippen LogP contribution in [0.2, 0.25) is 0 Å². The molecular formula is C17H25N5O. The normalized spacial score (nSPS) is 13.7. The summed E-state index contributed by atoms with van der Waals surface area (Å²) >= 11 is 0. The third-order valence-corrected chi connectivity index (χ3v) is 3.80. The van der Waals surface area contributed by atoms with E-state index in [0.717, 1.165) is 18.4 Å². The van der Waals surface area contributed by atoms with Crippen LogP contribution in [0.5, 0.6) is 0 Å². The Bertz CT molecular complexity index is 582. The van der Waals surface area contributed by atoms with Crippen LogP contribution in [0.4, 0.5) is 0 Å². The van der Waals surface area contributed by atoms with E-state index in [4.69, 9.17) is 0 Å². The Morgan fingerprint density at radius 1 is 1.17 bits per heavy atom. The third kappa shape index (κ3) is 5.16. The summed E-state index contributed by atoms with van der Waals surface area (Å²) in [6.07, 6.45) is 4.73. The average molecular weight is 315 g/mol. The lowest BCUT2D eigenvalue weighted by molar-refractivity contribution is -0.124. The number of tetrazole rings is 1. The van der Waals surface area contributed by atoms with Crippen LogP contribution >= 0.6 is 0 Å². The first-order valence-corrected chi connectivity index (χ1v) is 8.15. The Balaban J connectivity index is 2.03. The van der Waals surface area contributed by atoms with Crippen LogP contribution < -0.4 is 5.32 Å². The van der Waals surface area contributed by atoms with Gasteiger partial charge in [0.2, 0.25) is 5.91 Å². The molecule has 1 aromatic carbocycles. The number of hydrogen-bond acceptors (Lipinski definition) is 4. The lowest BCUT2D eigenvalue weighted by Gasteiger charge is -2.20. The van der Waals surface area contributed by atoms with E-state index in [-0.39, 0.29) is 11.9 Å². The second-order valence-corrected chi connectivity index (χ2v) is 6.34. The molecule has 0 aliphatic carbocycles. The molecule has 2 rings (SSSR count). The Kier molecular flexibility index (Phi) is 6.26. The highest BCUT2D eigenvalue weighted by Gasteiger charge is 2.24. The van der Waals surface area contributed by atoms with Crippen LogP contribution in [0, 0.1) is 5.92 Å². The second kappa shape index (κ2) is 8.41. The summed E-state index contributed by atoms with van der Waals surface area (Å²) in [4.78, 5) is 12.7. The van der Waals surface area contributed by atoms with Crippen LogP contribution in [0.15, 0.2) is 36.7 Å². The molecule has 124 valence electrons. The number of carbonyl (C=O) groups excluding carboxylic acids is 1. The van der Waals surface area contributed by atoms with Gasteiger partial charge in [0.15, 0.2) is 6.04 Å². The number of aromatic nitrogens is 4. The maximum Gasteiger partial charge on any atom is 0.249 e. The van der Waals surface area contributed by atoms with E-state index in [1.807, 2.05) is 37.3 Å². The smallest absolute Gasteiger partial charge is 0.249 e. The number of amides is 1. The lowest BCUT2D eigenvalue weighted by Crippen LogP contribution is -2.39. The number of nitrogens with zero attached hydrogens (tertiary/aromatic N) is 4. The van der Waals surface area contributed by atoms with E-state index < -0.39 is 6.04 Å². The van der Waals surface area contributed by atoms with Crippen molar-refractivity contribution in [3.05, 3.63) is 42.2 Å². The van der Waals surface area contributed by atoms with Crippen molar-refractivity contribution in [2.45, 2.75) is 52.1 Å². The van der Waals surface area contributed by atoms with Gasteiger partial charge in [-0.1, -0.05) is 57.0 Å². The highest BCUT2D eigenvalue weighted by molar-refractivity contribution is 5.83. The Morgan fingerprint density at radius 2 is 1.91 bits per heavy atom. The molecule has 23 heavy (non-hydrogen) atoms. The zero-order chi connectivity index (χ0) is 16.7. The molecule has 1 amide bonds. The van der Waals surface area contributed by atoms with Crippen LogP contribution in [-0.4, -0.2) is 32.2 Å². The molecule has 0 saturated heterocycles. The topological polar surface area (TPSA) is 72.7 Å². The monoisotopic (exact) mass is 315 g/mol. The zero-order valence-electron chi connectivity index (χ0n) is 14.0. The van der Waals surface area contributed by atoms with Crippen molar-refractivity contribution in [3.63, 3.8) is 0 Å². The molecule has 0 saturated carbocycles. The third-order valence-electron chi connectivity index (χ3n) is 3.80. The van der Waals surface area contributed by atoms with Gasteiger partial charge in [-0.15, -0.1) is 5.10 Å². The first-order valence-electron chi connectivity index (χ1n) is 8.15. The Hall–Kier alpha value is -2.24. The molecule has 0 bridgehead atoms. The van der Waals surface area contributed by atoms with Gasteiger partial charge < -0.3 is 5.32 Å². The highest BCUT2D eigenvalue weighted by Crippen LogP contribution is 2.17. The van der Waals surface area contributed by atoms with Crippen LogP contribution in [0.1, 0.15) is 51.6 Å². The minimum absolute atomic E-state index is 0.0828.